The second-order valence-electron chi connectivity index (χ2n) is 7.02. The van der Waals surface area contributed by atoms with Crippen LogP contribution in [0.15, 0.2) is 42.5 Å². The normalized spacial score (nSPS) is 21.6. The molecule has 0 N–H and O–H groups in total. The first-order valence-electron chi connectivity index (χ1n) is 9.11. The summed E-state index contributed by atoms with van der Waals surface area (Å²) in [6.45, 7) is 0. The number of rotatable bonds is 3. The fourth-order valence-corrected chi connectivity index (χ4v) is 4.38. The van der Waals surface area contributed by atoms with Crippen LogP contribution in [-0.4, -0.2) is 17.8 Å². The van der Waals surface area contributed by atoms with Gasteiger partial charge in [-0.05, 0) is 55.3 Å². The first kappa shape index (κ1) is 19.0. The van der Waals surface area contributed by atoms with E-state index in [0.717, 1.165) is 25.7 Å². The molecule has 0 unspecified atom stereocenters. The van der Waals surface area contributed by atoms with Gasteiger partial charge in [0.25, 0.3) is 0 Å². The molecule has 0 spiro atoms. The van der Waals surface area contributed by atoms with Gasteiger partial charge in [0.2, 0.25) is 11.8 Å². The molecule has 28 heavy (non-hydrogen) atoms. The molecule has 5 nitrogen and oxygen atoms in total. The molecule has 2 aliphatic rings. The maximum atomic E-state index is 12.7. The summed E-state index contributed by atoms with van der Waals surface area (Å²) in [5.74, 6) is -0.999. The number of halogens is 2. The van der Waals surface area contributed by atoms with E-state index in [2.05, 4.69) is 0 Å². The third-order valence-electron chi connectivity index (χ3n) is 5.30. The SMILES string of the molecule is O=C(Oc1ccc(N2C(=O)[C@@H]3CCCC[C@H]3C2=O)cc1)c1ccc(Cl)cc1Cl. The zero-order chi connectivity index (χ0) is 19.8. The van der Waals surface area contributed by atoms with Crippen molar-refractivity contribution in [3.05, 3.63) is 58.1 Å². The summed E-state index contributed by atoms with van der Waals surface area (Å²) in [4.78, 5) is 38.9. The topological polar surface area (TPSA) is 63.7 Å². The largest absolute Gasteiger partial charge is 0.423 e. The van der Waals surface area contributed by atoms with Gasteiger partial charge in [0.1, 0.15) is 5.75 Å². The monoisotopic (exact) mass is 417 g/mol. The number of carbonyl (C=O) groups is 3. The number of fused-ring (bicyclic) bond motifs is 1. The van der Waals surface area contributed by atoms with Crippen LogP contribution in [-0.2, 0) is 9.59 Å². The Morgan fingerprint density at radius 2 is 1.54 bits per heavy atom. The van der Waals surface area contributed by atoms with Gasteiger partial charge in [-0.25, -0.2) is 4.79 Å². The van der Waals surface area contributed by atoms with Crippen LogP contribution in [0.3, 0.4) is 0 Å². The molecule has 0 radical (unpaired) electrons. The molecule has 1 aliphatic carbocycles. The van der Waals surface area contributed by atoms with Crippen LogP contribution >= 0.6 is 23.2 Å². The van der Waals surface area contributed by atoms with Crippen molar-refractivity contribution >= 4 is 46.7 Å². The lowest BCUT2D eigenvalue weighted by Gasteiger charge is -2.19. The Hall–Kier alpha value is -2.37. The molecule has 1 heterocycles. The van der Waals surface area contributed by atoms with E-state index in [9.17, 15) is 14.4 Å². The zero-order valence-corrected chi connectivity index (χ0v) is 16.4. The number of ether oxygens (including phenoxy) is 1. The predicted molar refractivity (Wildman–Crippen MR) is 106 cm³/mol. The van der Waals surface area contributed by atoms with Crippen molar-refractivity contribution in [3.8, 4) is 5.75 Å². The first-order chi connectivity index (χ1) is 13.5. The highest BCUT2D eigenvalue weighted by Gasteiger charge is 2.48. The van der Waals surface area contributed by atoms with E-state index in [1.807, 2.05) is 0 Å². The van der Waals surface area contributed by atoms with Crippen LogP contribution in [0.1, 0.15) is 36.0 Å². The number of hydrogen-bond donors (Lipinski definition) is 0. The molecule has 1 saturated heterocycles. The van der Waals surface area contributed by atoms with E-state index in [1.165, 1.54) is 17.0 Å². The smallest absolute Gasteiger partial charge is 0.345 e. The van der Waals surface area contributed by atoms with Gasteiger partial charge in [-0.3, -0.25) is 14.5 Å². The van der Waals surface area contributed by atoms with Crippen molar-refractivity contribution in [1.82, 2.24) is 0 Å². The minimum atomic E-state index is -0.617. The number of amides is 2. The average Bonchev–Trinajstić information content (AvgIpc) is 2.93. The third kappa shape index (κ3) is 3.40. The molecule has 2 aromatic carbocycles. The summed E-state index contributed by atoms with van der Waals surface area (Å²) in [5, 5.41) is 0.622. The number of carbonyl (C=O) groups excluding carboxylic acids is 3. The summed E-state index contributed by atoms with van der Waals surface area (Å²) >= 11 is 11.9. The lowest BCUT2D eigenvalue weighted by Crippen LogP contribution is -2.30. The lowest BCUT2D eigenvalue weighted by atomic mass is 9.81. The van der Waals surface area contributed by atoms with E-state index in [4.69, 9.17) is 27.9 Å². The van der Waals surface area contributed by atoms with E-state index < -0.39 is 5.97 Å². The highest BCUT2D eigenvalue weighted by atomic mass is 35.5. The van der Waals surface area contributed by atoms with Crippen LogP contribution in [0.5, 0.6) is 5.75 Å². The zero-order valence-electron chi connectivity index (χ0n) is 14.9. The summed E-state index contributed by atoms with van der Waals surface area (Å²) in [6, 6.07) is 10.8. The second-order valence-corrected chi connectivity index (χ2v) is 7.86. The Labute approximate surface area is 172 Å². The summed E-state index contributed by atoms with van der Waals surface area (Å²) < 4.78 is 5.33. The molecule has 2 fully saturated rings. The highest BCUT2D eigenvalue weighted by molar-refractivity contribution is 6.36. The number of nitrogens with zero attached hydrogens (tertiary/aromatic N) is 1. The molecule has 2 aromatic rings. The summed E-state index contributed by atoms with van der Waals surface area (Å²) in [7, 11) is 0. The van der Waals surface area contributed by atoms with Gasteiger partial charge in [0.05, 0.1) is 28.1 Å². The molecule has 1 aliphatic heterocycles. The Morgan fingerprint density at radius 1 is 0.929 bits per heavy atom. The molecule has 144 valence electrons. The standard InChI is InChI=1S/C21H17Cl2NO4/c22-12-5-10-17(18(23)11-12)21(27)28-14-8-6-13(7-9-14)24-19(25)15-3-1-2-4-16(15)20(24)26/h5-11,15-16H,1-4H2/t15-,16-/m1/s1. The molecular weight excluding hydrogens is 401 g/mol. The van der Waals surface area contributed by atoms with Gasteiger partial charge < -0.3 is 4.74 Å². The van der Waals surface area contributed by atoms with E-state index in [1.54, 1.807) is 30.3 Å². The van der Waals surface area contributed by atoms with Crippen LogP contribution in [0, 0.1) is 11.8 Å². The molecular formula is C21H17Cl2NO4. The van der Waals surface area contributed by atoms with Crippen molar-refractivity contribution < 1.29 is 19.1 Å². The Morgan fingerprint density at radius 3 is 2.11 bits per heavy atom. The number of benzene rings is 2. The minimum Gasteiger partial charge on any atom is -0.423 e. The van der Waals surface area contributed by atoms with Gasteiger partial charge in [-0.1, -0.05) is 36.0 Å². The number of esters is 1. The molecule has 2 amide bonds. The Bertz CT molecular complexity index is 933. The molecule has 4 rings (SSSR count). The molecule has 0 aromatic heterocycles. The number of imide groups is 1. The third-order valence-corrected chi connectivity index (χ3v) is 5.85. The fourth-order valence-electron chi connectivity index (χ4n) is 3.90. The minimum absolute atomic E-state index is 0.132. The lowest BCUT2D eigenvalue weighted by molar-refractivity contribution is -0.122. The van der Waals surface area contributed by atoms with Crippen molar-refractivity contribution in [2.75, 3.05) is 4.90 Å². The molecule has 1 saturated carbocycles. The quantitative estimate of drug-likeness (QED) is 0.405. The molecule has 2 atom stereocenters. The Kier molecular flexibility index (Phi) is 5.13. The maximum absolute atomic E-state index is 12.7. The van der Waals surface area contributed by atoms with Crippen molar-refractivity contribution in [2.24, 2.45) is 11.8 Å². The average molecular weight is 418 g/mol. The van der Waals surface area contributed by atoms with Crippen molar-refractivity contribution in [2.45, 2.75) is 25.7 Å². The Balaban J connectivity index is 1.50. The van der Waals surface area contributed by atoms with Crippen molar-refractivity contribution in [3.63, 3.8) is 0 Å². The fraction of sp³-hybridized carbons (Fsp3) is 0.286. The van der Waals surface area contributed by atoms with Crippen LogP contribution < -0.4 is 9.64 Å². The van der Waals surface area contributed by atoms with Gasteiger partial charge in [-0.2, -0.15) is 0 Å². The summed E-state index contributed by atoms with van der Waals surface area (Å²) in [6.07, 6.45) is 3.50. The van der Waals surface area contributed by atoms with Crippen molar-refractivity contribution in [1.29, 1.82) is 0 Å². The first-order valence-corrected chi connectivity index (χ1v) is 9.86. The maximum Gasteiger partial charge on any atom is 0.345 e. The molecule has 0 bridgehead atoms. The highest BCUT2D eigenvalue weighted by Crippen LogP contribution is 2.40. The van der Waals surface area contributed by atoms with E-state index in [0.29, 0.717) is 10.7 Å². The van der Waals surface area contributed by atoms with E-state index in [-0.39, 0.29) is 40.0 Å². The van der Waals surface area contributed by atoms with Gasteiger partial charge >= 0.3 is 5.97 Å². The van der Waals surface area contributed by atoms with E-state index >= 15 is 0 Å². The molecule has 7 heteroatoms. The van der Waals surface area contributed by atoms with Crippen LogP contribution in [0.25, 0.3) is 0 Å². The second kappa shape index (κ2) is 7.57. The van der Waals surface area contributed by atoms with Crippen LogP contribution in [0.4, 0.5) is 5.69 Å². The number of hydrogen-bond acceptors (Lipinski definition) is 4. The van der Waals surface area contributed by atoms with Crippen LogP contribution in [0.2, 0.25) is 10.0 Å². The van der Waals surface area contributed by atoms with Gasteiger partial charge in [0, 0.05) is 5.02 Å². The van der Waals surface area contributed by atoms with Gasteiger partial charge in [0.15, 0.2) is 0 Å². The number of anilines is 1. The van der Waals surface area contributed by atoms with Gasteiger partial charge in [-0.15, -0.1) is 0 Å². The predicted octanol–water partition coefficient (Wildman–Crippen LogP) is 4.89. The summed E-state index contributed by atoms with van der Waals surface area (Å²) in [5.41, 5.74) is 0.692.